The van der Waals surface area contributed by atoms with E-state index in [1.807, 2.05) is 41.8 Å². The van der Waals surface area contributed by atoms with Gasteiger partial charge in [-0.2, -0.15) is 0 Å². The van der Waals surface area contributed by atoms with Gasteiger partial charge in [0.05, 0.1) is 4.88 Å². The molecule has 0 spiro atoms. The molecule has 0 bridgehead atoms. The normalized spacial score (nSPS) is 13.5. The molecule has 1 saturated heterocycles. The van der Waals surface area contributed by atoms with Gasteiger partial charge in [-0.1, -0.05) is 6.07 Å². The molecule has 6 nitrogen and oxygen atoms in total. The Kier molecular flexibility index (Phi) is 5.68. The van der Waals surface area contributed by atoms with Crippen LogP contribution < -0.4 is 10.2 Å². The third kappa shape index (κ3) is 4.40. The Labute approximate surface area is 170 Å². The van der Waals surface area contributed by atoms with Gasteiger partial charge < -0.3 is 15.0 Å². The average Bonchev–Trinajstić information content (AvgIpc) is 3.48. The fourth-order valence-corrected chi connectivity index (χ4v) is 4.62. The predicted octanol–water partition coefficient (Wildman–Crippen LogP) is 4.27. The van der Waals surface area contributed by atoms with Crippen LogP contribution in [0.4, 0.5) is 11.4 Å². The van der Waals surface area contributed by atoms with Crippen molar-refractivity contribution in [2.45, 2.75) is 12.8 Å². The van der Waals surface area contributed by atoms with Gasteiger partial charge in [-0.15, -0.1) is 22.7 Å². The molecule has 4 rings (SSSR count). The van der Waals surface area contributed by atoms with Crippen LogP contribution in [0.2, 0.25) is 0 Å². The van der Waals surface area contributed by atoms with E-state index in [9.17, 15) is 9.59 Å². The lowest BCUT2D eigenvalue weighted by Gasteiger charge is -2.17. The number of esters is 1. The molecule has 28 heavy (non-hydrogen) atoms. The lowest BCUT2D eigenvalue weighted by atomic mass is 10.2. The number of amides is 1. The van der Waals surface area contributed by atoms with Crippen LogP contribution in [0.25, 0.3) is 9.88 Å². The Morgan fingerprint density at radius 1 is 1.11 bits per heavy atom. The van der Waals surface area contributed by atoms with Crippen LogP contribution in [-0.2, 0) is 9.53 Å². The number of benzene rings is 1. The zero-order chi connectivity index (χ0) is 19.3. The van der Waals surface area contributed by atoms with Gasteiger partial charge in [-0.25, -0.2) is 9.78 Å². The summed E-state index contributed by atoms with van der Waals surface area (Å²) in [6, 6.07) is 11.6. The molecule has 1 aliphatic heterocycles. The number of carbonyl (C=O) groups is 2. The maximum atomic E-state index is 12.1. The molecular weight excluding hydrogens is 394 g/mol. The number of anilines is 2. The summed E-state index contributed by atoms with van der Waals surface area (Å²) >= 11 is 2.94. The zero-order valence-electron chi connectivity index (χ0n) is 15.1. The fraction of sp³-hybridized carbons (Fsp3) is 0.250. The average molecular weight is 414 g/mol. The van der Waals surface area contributed by atoms with Crippen LogP contribution in [0.5, 0.6) is 0 Å². The first-order valence-electron chi connectivity index (χ1n) is 9.00. The number of hydrogen-bond donors (Lipinski definition) is 1. The number of hydrogen-bond acceptors (Lipinski definition) is 7. The first-order valence-corrected chi connectivity index (χ1v) is 10.8. The van der Waals surface area contributed by atoms with E-state index in [0.29, 0.717) is 5.69 Å². The maximum Gasteiger partial charge on any atom is 0.358 e. The number of aromatic nitrogens is 1. The number of nitrogens with one attached hydrogen (secondary N) is 1. The van der Waals surface area contributed by atoms with Crippen molar-refractivity contribution in [1.29, 1.82) is 0 Å². The van der Waals surface area contributed by atoms with Crippen LogP contribution in [0.3, 0.4) is 0 Å². The lowest BCUT2D eigenvalue weighted by molar-refractivity contribution is -0.119. The molecule has 0 unspecified atom stereocenters. The summed E-state index contributed by atoms with van der Waals surface area (Å²) in [6.07, 6.45) is 2.44. The molecular formula is C20H19N3O3S2. The van der Waals surface area contributed by atoms with Gasteiger partial charge in [0.15, 0.2) is 12.3 Å². The van der Waals surface area contributed by atoms with E-state index in [0.717, 1.165) is 28.7 Å². The molecule has 0 atom stereocenters. The Morgan fingerprint density at radius 3 is 2.61 bits per heavy atom. The van der Waals surface area contributed by atoms with Crippen LogP contribution in [-0.4, -0.2) is 36.6 Å². The van der Waals surface area contributed by atoms with Crippen molar-refractivity contribution < 1.29 is 14.3 Å². The summed E-state index contributed by atoms with van der Waals surface area (Å²) in [7, 11) is 0. The number of nitrogens with zero attached hydrogens (tertiary/aromatic N) is 2. The highest BCUT2D eigenvalue weighted by atomic mass is 32.1. The SMILES string of the molecule is O=C(COC(=O)c1csc(-c2cccs2)n1)Nc1ccc(N2CCCC2)cc1. The molecule has 3 heterocycles. The van der Waals surface area contributed by atoms with E-state index in [-0.39, 0.29) is 18.2 Å². The summed E-state index contributed by atoms with van der Waals surface area (Å²) in [6.45, 7) is 1.80. The second-order valence-electron chi connectivity index (χ2n) is 6.38. The van der Waals surface area contributed by atoms with E-state index < -0.39 is 5.97 Å². The van der Waals surface area contributed by atoms with Gasteiger partial charge in [-0.05, 0) is 48.6 Å². The molecule has 1 aromatic carbocycles. The molecule has 0 radical (unpaired) electrons. The second kappa shape index (κ2) is 8.53. The first kappa shape index (κ1) is 18.6. The molecule has 2 aromatic heterocycles. The van der Waals surface area contributed by atoms with E-state index in [4.69, 9.17) is 4.74 Å². The predicted molar refractivity (Wildman–Crippen MR) is 112 cm³/mol. The van der Waals surface area contributed by atoms with Gasteiger partial charge in [0.25, 0.3) is 5.91 Å². The summed E-state index contributed by atoms with van der Waals surface area (Å²) in [5.41, 5.74) is 2.06. The molecule has 1 amide bonds. The molecule has 144 valence electrons. The number of ether oxygens (including phenoxy) is 1. The van der Waals surface area contributed by atoms with Crippen molar-refractivity contribution >= 4 is 45.9 Å². The molecule has 3 aromatic rings. The molecule has 0 aliphatic carbocycles. The van der Waals surface area contributed by atoms with Gasteiger partial charge in [0.1, 0.15) is 5.01 Å². The number of thiazole rings is 1. The van der Waals surface area contributed by atoms with E-state index in [1.54, 1.807) is 16.7 Å². The van der Waals surface area contributed by atoms with Crippen molar-refractivity contribution in [1.82, 2.24) is 4.98 Å². The van der Waals surface area contributed by atoms with E-state index >= 15 is 0 Å². The maximum absolute atomic E-state index is 12.1. The molecule has 1 fully saturated rings. The second-order valence-corrected chi connectivity index (χ2v) is 8.19. The molecule has 8 heteroatoms. The summed E-state index contributed by atoms with van der Waals surface area (Å²) < 4.78 is 5.09. The monoisotopic (exact) mass is 413 g/mol. The number of carbonyl (C=O) groups excluding carboxylic acids is 2. The zero-order valence-corrected chi connectivity index (χ0v) is 16.7. The molecule has 1 N–H and O–H groups in total. The summed E-state index contributed by atoms with van der Waals surface area (Å²) in [4.78, 5) is 31.8. The quantitative estimate of drug-likeness (QED) is 0.611. The Balaban J connectivity index is 1.27. The van der Waals surface area contributed by atoms with Crippen molar-refractivity contribution in [3.8, 4) is 9.88 Å². The van der Waals surface area contributed by atoms with Gasteiger partial charge in [-0.3, -0.25) is 4.79 Å². The fourth-order valence-electron chi connectivity index (χ4n) is 3.01. The van der Waals surface area contributed by atoms with Gasteiger partial charge >= 0.3 is 5.97 Å². The van der Waals surface area contributed by atoms with Crippen LogP contribution in [0.15, 0.2) is 47.2 Å². The first-order chi connectivity index (χ1) is 13.7. The molecule has 0 saturated carbocycles. The van der Waals surface area contributed by atoms with E-state index in [1.165, 1.54) is 24.2 Å². The largest absolute Gasteiger partial charge is 0.451 e. The standard InChI is InChI=1S/C20H19N3O3S2/c24-18(21-14-5-7-15(8-6-14)23-9-1-2-10-23)12-26-20(25)16-13-28-19(22-16)17-4-3-11-27-17/h3-8,11,13H,1-2,9-10,12H2,(H,21,24). The van der Waals surface area contributed by atoms with Gasteiger partial charge in [0.2, 0.25) is 0 Å². The lowest BCUT2D eigenvalue weighted by Crippen LogP contribution is -2.21. The van der Waals surface area contributed by atoms with Crippen molar-refractivity contribution in [3.63, 3.8) is 0 Å². The highest BCUT2D eigenvalue weighted by molar-refractivity contribution is 7.20. The third-order valence-electron chi connectivity index (χ3n) is 4.40. The Bertz CT molecular complexity index is 946. The summed E-state index contributed by atoms with van der Waals surface area (Å²) in [5, 5.41) is 7.11. The van der Waals surface area contributed by atoms with Crippen molar-refractivity contribution in [2.24, 2.45) is 0 Å². The van der Waals surface area contributed by atoms with Crippen LogP contribution >= 0.6 is 22.7 Å². The van der Waals surface area contributed by atoms with E-state index in [2.05, 4.69) is 15.2 Å². The van der Waals surface area contributed by atoms with Gasteiger partial charge in [0, 0.05) is 29.8 Å². The third-order valence-corrected chi connectivity index (χ3v) is 6.28. The Hall–Kier alpha value is -2.71. The minimum atomic E-state index is -0.599. The Morgan fingerprint density at radius 2 is 1.89 bits per heavy atom. The van der Waals surface area contributed by atoms with Crippen LogP contribution in [0, 0.1) is 0 Å². The summed E-state index contributed by atoms with van der Waals surface area (Å²) in [5.74, 6) is -0.977. The van der Waals surface area contributed by atoms with Crippen molar-refractivity contribution in [3.05, 3.63) is 52.9 Å². The number of rotatable bonds is 6. The smallest absolute Gasteiger partial charge is 0.358 e. The molecule has 1 aliphatic rings. The minimum Gasteiger partial charge on any atom is -0.451 e. The van der Waals surface area contributed by atoms with Crippen molar-refractivity contribution in [2.75, 3.05) is 29.9 Å². The van der Waals surface area contributed by atoms with Crippen LogP contribution in [0.1, 0.15) is 23.3 Å². The highest BCUT2D eigenvalue weighted by Crippen LogP contribution is 2.28. The number of thiophene rings is 1. The topological polar surface area (TPSA) is 71.5 Å². The highest BCUT2D eigenvalue weighted by Gasteiger charge is 2.16. The minimum absolute atomic E-state index is 0.219.